The summed E-state index contributed by atoms with van der Waals surface area (Å²) in [6, 6.07) is 15.1. The molecule has 150 valence electrons. The van der Waals surface area contributed by atoms with Crippen molar-refractivity contribution in [3.63, 3.8) is 0 Å². The number of nitrogens with zero attached hydrogens (tertiary/aromatic N) is 3. The molecule has 0 saturated carbocycles. The Hall–Kier alpha value is -2.58. The molecular weight excluding hydrogens is 452 g/mol. The lowest BCUT2D eigenvalue weighted by Gasteiger charge is -2.13. The summed E-state index contributed by atoms with van der Waals surface area (Å²) in [6.07, 6.45) is 1.78. The first-order valence-electron chi connectivity index (χ1n) is 8.94. The number of ether oxygens (including phenoxy) is 1. The SMILES string of the molecule is C=CCn1c(SC(C)C(=O)Nc2ccc(Br)cc2)nnc1-c1ccccc1OC. The number of carbonyl (C=O) groups is 1. The summed E-state index contributed by atoms with van der Waals surface area (Å²) in [6.45, 7) is 6.19. The van der Waals surface area contributed by atoms with Gasteiger partial charge in [0.1, 0.15) is 5.75 Å². The van der Waals surface area contributed by atoms with Crippen molar-refractivity contribution >= 4 is 39.3 Å². The van der Waals surface area contributed by atoms with Crippen LogP contribution >= 0.6 is 27.7 Å². The van der Waals surface area contributed by atoms with Crippen LogP contribution in [0.1, 0.15) is 6.92 Å². The predicted molar refractivity (Wildman–Crippen MR) is 120 cm³/mol. The van der Waals surface area contributed by atoms with Crippen LogP contribution in [0.15, 0.2) is 70.8 Å². The van der Waals surface area contributed by atoms with E-state index >= 15 is 0 Å². The summed E-state index contributed by atoms with van der Waals surface area (Å²) in [7, 11) is 1.62. The van der Waals surface area contributed by atoms with E-state index in [0.717, 1.165) is 15.7 Å². The smallest absolute Gasteiger partial charge is 0.237 e. The van der Waals surface area contributed by atoms with Crippen molar-refractivity contribution in [2.75, 3.05) is 12.4 Å². The van der Waals surface area contributed by atoms with Crippen molar-refractivity contribution in [3.05, 3.63) is 65.7 Å². The number of amides is 1. The van der Waals surface area contributed by atoms with E-state index in [-0.39, 0.29) is 11.2 Å². The Morgan fingerprint density at radius 1 is 1.28 bits per heavy atom. The molecule has 0 bridgehead atoms. The van der Waals surface area contributed by atoms with E-state index in [4.69, 9.17) is 4.74 Å². The summed E-state index contributed by atoms with van der Waals surface area (Å²) in [5.41, 5.74) is 1.58. The Labute approximate surface area is 182 Å². The third-order valence-corrected chi connectivity index (χ3v) is 5.75. The summed E-state index contributed by atoms with van der Waals surface area (Å²) < 4.78 is 8.34. The second kappa shape index (κ2) is 9.76. The maximum atomic E-state index is 12.6. The van der Waals surface area contributed by atoms with Gasteiger partial charge in [-0.25, -0.2) is 0 Å². The molecule has 0 aliphatic rings. The van der Waals surface area contributed by atoms with Gasteiger partial charge in [-0.1, -0.05) is 45.9 Å². The van der Waals surface area contributed by atoms with Crippen LogP contribution in [-0.4, -0.2) is 33.0 Å². The summed E-state index contributed by atoms with van der Waals surface area (Å²) in [4.78, 5) is 12.6. The molecule has 0 saturated heterocycles. The number of hydrogen-bond donors (Lipinski definition) is 1. The molecular formula is C21H21BrN4O2S. The Morgan fingerprint density at radius 2 is 2.00 bits per heavy atom. The average molecular weight is 473 g/mol. The lowest BCUT2D eigenvalue weighted by molar-refractivity contribution is -0.115. The first kappa shape index (κ1) is 21.1. The number of carbonyl (C=O) groups excluding carboxylic acids is 1. The number of nitrogens with one attached hydrogen (secondary N) is 1. The van der Waals surface area contributed by atoms with Crippen molar-refractivity contribution in [2.24, 2.45) is 0 Å². The summed E-state index contributed by atoms with van der Waals surface area (Å²) in [5, 5.41) is 11.9. The molecule has 3 aromatic rings. The van der Waals surface area contributed by atoms with Gasteiger partial charge in [-0.15, -0.1) is 16.8 Å². The summed E-state index contributed by atoms with van der Waals surface area (Å²) in [5.74, 6) is 1.28. The van der Waals surface area contributed by atoms with Gasteiger partial charge in [-0.2, -0.15) is 0 Å². The normalized spacial score (nSPS) is 11.7. The molecule has 0 radical (unpaired) electrons. The van der Waals surface area contributed by atoms with Gasteiger partial charge in [0.15, 0.2) is 11.0 Å². The number of halogens is 1. The Balaban J connectivity index is 1.81. The molecule has 8 heteroatoms. The van der Waals surface area contributed by atoms with Gasteiger partial charge in [0.2, 0.25) is 5.91 Å². The molecule has 2 aromatic carbocycles. The van der Waals surface area contributed by atoms with Crippen molar-refractivity contribution in [3.8, 4) is 17.1 Å². The zero-order chi connectivity index (χ0) is 20.8. The van der Waals surface area contributed by atoms with Crippen LogP contribution in [0, 0.1) is 0 Å². The second-order valence-electron chi connectivity index (χ2n) is 6.16. The predicted octanol–water partition coefficient (Wildman–Crippen LogP) is 5.02. The lowest BCUT2D eigenvalue weighted by atomic mass is 10.2. The molecule has 1 N–H and O–H groups in total. The second-order valence-corrected chi connectivity index (χ2v) is 8.39. The third kappa shape index (κ3) is 5.07. The van der Waals surface area contributed by atoms with Gasteiger partial charge in [0.25, 0.3) is 0 Å². The van der Waals surface area contributed by atoms with Crippen molar-refractivity contribution in [1.29, 1.82) is 0 Å². The molecule has 0 spiro atoms. The minimum absolute atomic E-state index is 0.107. The fraction of sp³-hybridized carbons (Fsp3) is 0.190. The number of benzene rings is 2. The van der Waals surface area contributed by atoms with Crippen LogP contribution in [0.5, 0.6) is 5.75 Å². The van der Waals surface area contributed by atoms with E-state index in [1.165, 1.54) is 11.8 Å². The zero-order valence-electron chi connectivity index (χ0n) is 16.1. The Morgan fingerprint density at radius 3 is 2.69 bits per heavy atom. The number of thioether (sulfide) groups is 1. The molecule has 29 heavy (non-hydrogen) atoms. The number of hydrogen-bond acceptors (Lipinski definition) is 5. The maximum absolute atomic E-state index is 12.6. The lowest BCUT2D eigenvalue weighted by Crippen LogP contribution is -2.22. The van der Waals surface area contributed by atoms with Gasteiger partial charge in [-0.05, 0) is 43.3 Å². The minimum Gasteiger partial charge on any atom is -0.496 e. The molecule has 1 atom stereocenters. The molecule has 3 rings (SSSR count). The van der Waals surface area contributed by atoms with Crippen LogP contribution in [0.25, 0.3) is 11.4 Å². The molecule has 0 aliphatic heterocycles. The van der Waals surface area contributed by atoms with Crippen molar-refractivity contribution in [1.82, 2.24) is 14.8 Å². The van der Waals surface area contributed by atoms with Crippen molar-refractivity contribution in [2.45, 2.75) is 23.9 Å². The molecule has 1 unspecified atom stereocenters. The molecule has 1 aromatic heterocycles. The topological polar surface area (TPSA) is 69.0 Å². The number of para-hydroxylation sites is 1. The van der Waals surface area contributed by atoms with Crippen LogP contribution in [-0.2, 0) is 11.3 Å². The van der Waals surface area contributed by atoms with Gasteiger partial charge in [0.05, 0.1) is 17.9 Å². The highest BCUT2D eigenvalue weighted by atomic mass is 79.9. The van der Waals surface area contributed by atoms with E-state index in [9.17, 15) is 4.79 Å². The minimum atomic E-state index is -0.364. The molecule has 1 amide bonds. The zero-order valence-corrected chi connectivity index (χ0v) is 18.5. The van der Waals surface area contributed by atoms with E-state index in [2.05, 4.69) is 38.0 Å². The van der Waals surface area contributed by atoms with E-state index < -0.39 is 0 Å². The highest BCUT2D eigenvalue weighted by molar-refractivity contribution is 9.10. The number of methoxy groups -OCH3 is 1. The third-order valence-electron chi connectivity index (χ3n) is 4.14. The van der Waals surface area contributed by atoms with E-state index in [1.54, 1.807) is 13.2 Å². The summed E-state index contributed by atoms with van der Waals surface area (Å²) >= 11 is 4.74. The van der Waals surface area contributed by atoms with E-state index in [1.807, 2.05) is 60.0 Å². The van der Waals surface area contributed by atoms with Crippen LogP contribution in [0.4, 0.5) is 5.69 Å². The maximum Gasteiger partial charge on any atom is 0.237 e. The standard InChI is InChI=1S/C21H21BrN4O2S/c1-4-13-26-19(17-7-5-6-8-18(17)28-3)24-25-21(26)29-14(2)20(27)23-16-11-9-15(22)10-12-16/h4-12,14H,1,13H2,2-3H3,(H,23,27). The first-order valence-corrected chi connectivity index (χ1v) is 10.6. The van der Waals surface area contributed by atoms with E-state index in [0.29, 0.717) is 23.3 Å². The molecule has 6 nitrogen and oxygen atoms in total. The van der Waals surface area contributed by atoms with Gasteiger partial charge in [0, 0.05) is 16.7 Å². The van der Waals surface area contributed by atoms with Gasteiger partial charge >= 0.3 is 0 Å². The number of aromatic nitrogens is 3. The monoisotopic (exact) mass is 472 g/mol. The largest absolute Gasteiger partial charge is 0.496 e. The highest BCUT2D eigenvalue weighted by Gasteiger charge is 2.21. The van der Waals surface area contributed by atoms with Crippen LogP contribution < -0.4 is 10.1 Å². The van der Waals surface area contributed by atoms with Crippen LogP contribution in [0.2, 0.25) is 0 Å². The Bertz CT molecular complexity index is 1000. The molecule has 1 heterocycles. The van der Waals surface area contributed by atoms with Gasteiger partial charge < -0.3 is 10.1 Å². The Kier molecular flexibility index (Phi) is 7.11. The average Bonchev–Trinajstić information content (AvgIpc) is 3.12. The number of allylic oxidation sites excluding steroid dienone is 1. The number of anilines is 1. The first-order chi connectivity index (χ1) is 14.0. The van der Waals surface area contributed by atoms with Crippen LogP contribution in [0.3, 0.4) is 0 Å². The molecule has 0 aliphatic carbocycles. The fourth-order valence-electron chi connectivity index (χ4n) is 2.69. The quantitative estimate of drug-likeness (QED) is 0.368. The molecule has 0 fully saturated rings. The fourth-order valence-corrected chi connectivity index (χ4v) is 3.81. The number of rotatable bonds is 8. The van der Waals surface area contributed by atoms with Crippen molar-refractivity contribution < 1.29 is 9.53 Å². The highest BCUT2D eigenvalue weighted by Crippen LogP contribution is 2.32. The van der Waals surface area contributed by atoms with Gasteiger partial charge in [-0.3, -0.25) is 9.36 Å².